The topological polar surface area (TPSA) is 46.2 Å². The Morgan fingerprint density at radius 1 is 1.47 bits per heavy atom. The maximum atomic E-state index is 11.9. The predicted octanol–water partition coefficient (Wildman–Crippen LogP) is 2.61. The highest BCUT2D eigenvalue weighted by Crippen LogP contribution is 2.25. The van der Waals surface area contributed by atoms with Crippen molar-refractivity contribution in [3.8, 4) is 0 Å². The van der Waals surface area contributed by atoms with Crippen LogP contribution in [0.1, 0.15) is 23.0 Å². The van der Waals surface area contributed by atoms with Crippen LogP contribution in [0.25, 0.3) is 10.1 Å². The van der Waals surface area contributed by atoms with E-state index < -0.39 is 0 Å². The van der Waals surface area contributed by atoms with Crippen molar-refractivity contribution in [3.63, 3.8) is 0 Å². The molecule has 0 aliphatic heterocycles. The summed E-state index contributed by atoms with van der Waals surface area (Å²) in [5.74, 6) is -0.111. The molecule has 1 atom stereocenters. The molecule has 0 radical (unpaired) electrons. The number of nitrogens with one attached hydrogen (secondary N) is 1. The van der Waals surface area contributed by atoms with Gasteiger partial charge < -0.3 is 10.1 Å². The van der Waals surface area contributed by atoms with Gasteiger partial charge in [-0.25, -0.2) is 0 Å². The molecule has 0 unspecified atom stereocenters. The van der Waals surface area contributed by atoms with Gasteiger partial charge in [-0.15, -0.1) is 11.3 Å². The van der Waals surface area contributed by atoms with Crippen molar-refractivity contribution in [2.45, 2.75) is 19.4 Å². The molecule has 1 heterocycles. The average molecular weight is 247 g/mol. The predicted molar refractivity (Wildman–Crippen MR) is 69.4 cm³/mol. The van der Waals surface area contributed by atoms with Gasteiger partial charge in [0.05, 0.1) is 4.88 Å². The third kappa shape index (κ3) is 2.71. The Kier molecular flexibility index (Phi) is 3.54. The first-order valence-corrected chi connectivity index (χ1v) is 6.25. The van der Waals surface area contributed by atoms with E-state index in [-0.39, 0.29) is 11.9 Å². The number of amides is 1. The lowest BCUT2D eigenvalue weighted by atomic mass is 10.2. The zero-order chi connectivity index (χ0) is 12.3. The van der Waals surface area contributed by atoms with E-state index >= 15 is 0 Å². The maximum Gasteiger partial charge on any atom is 0.261 e. The lowest BCUT2D eigenvalue weighted by molar-refractivity contribution is -0.108. The fraction of sp³-hybridized carbons (Fsp3) is 0.231. The molecular formula is C13H13NO2S. The molecule has 0 aliphatic rings. The summed E-state index contributed by atoms with van der Waals surface area (Å²) in [6, 6.07) is 9.64. The zero-order valence-electron chi connectivity index (χ0n) is 9.47. The van der Waals surface area contributed by atoms with Crippen molar-refractivity contribution in [2.75, 3.05) is 0 Å². The first-order chi connectivity index (χ1) is 8.20. The van der Waals surface area contributed by atoms with Crippen LogP contribution in [0.3, 0.4) is 0 Å². The number of carbonyl (C=O) groups is 2. The highest BCUT2D eigenvalue weighted by atomic mass is 32.1. The number of benzene rings is 1. The van der Waals surface area contributed by atoms with Gasteiger partial charge in [0.15, 0.2) is 0 Å². The third-order valence-electron chi connectivity index (χ3n) is 2.48. The van der Waals surface area contributed by atoms with Gasteiger partial charge in [-0.3, -0.25) is 4.79 Å². The Balaban J connectivity index is 2.16. The molecule has 0 saturated carbocycles. The van der Waals surface area contributed by atoms with Gasteiger partial charge in [-0.2, -0.15) is 0 Å². The number of carbonyl (C=O) groups excluding carboxylic acids is 2. The van der Waals surface area contributed by atoms with Crippen molar-refractivity contribution >= 4 is 33.6 Å². The number of hydrogen-bond donors (Lipinski definition) is 1. The van der Waals surface area contributed by atoms with E-state index in [1.807, 2.05) is 37.3 Å². The van der Waals surface area contributed by atoms with Crippen LogP contribution in [-0.2, 0) is 4.79 Å². The summed E-state index contributed by atoms with van der Waals surface area (Å²) in [6.07, 6.45) is 1.16. The van der Waals surface area contributed by atoms with Gasteiger partial charge in [0.25, 0.3) is 5.91 Å². The van der Waals surface area contributed by atoms with Gasteiger partial charge in [0.1, 0.15) is 6.29 Å². The first-order valence-electron chi connectivity index (χ1n) is 5.44. The molecule has 3 nitrogen and oxygen atoms in total. The van der Waals surface area contributed by atoms with Gasteiger partial charge in [-0.1, -0.05) is 18.2 Å². The molecule has 4 heteroatoms. The van der Waals surface area contributed by atoms with Crippen LogP contribution < -0.4 is 5.32 Å². The lowest BCUT2D eigenvalue weighted by Gasteiger charge is -2.08. The second-order valence-electron chi connectivity index (χ2n) is 3.93. The molecule has 0 saturated heterocycles. The van der Waals surface area contributed by atoms with Gasteiger partial charge in [0, 0.05) is 17.2 Å². The molecule has 1 aromatic heterocycles. The molecule has 1 amide bonds. The summed E-state index contributed by atoms with van der Waals surface area (Å²) in [5.41, 5.74) is 0. The highest BCUT2D eigenvalue weighted by molar-refractivity contribution is 7.20. The summed E-state index contributed by atoms with van der Waals surface area (Å²) in [4.78, 5) is 22.9. The van der Waals surface area contributed by atoms with Crippen molar-refractivity contribution in [1.29, 1.82) is 0 Å². The number of hydrogen-bond acceptors (Lipinski definition) is 3. The number of rotatable bonds is 4. The minimum atomic E-state index is -0.120. The van der Waals surface area contributed by atoms with Gasteiger partial charge >= 0.3 is 0 Å². The van der Waals surface area contributed by atoms with E-state index in [2.05, 4.69) is 5.32 Å². The smallest absolute Gasteiger partial charge is 0.261 e. The average Bonchev–Trinajstić information content (AvgIpc) is 2.72. The van der Waals surface area contributed by atoms with Crippen molar-refractivity contribution in [2.24, 2.45) is 0 Å². The molecule has 88 valence electrons. The molecule has 0 aliphatic carbocycles. The third-order valence-corrected chi connectivity index (χ3v) is 3.59. The molecular weight excluding hydrogens is 234 g/mol. The maximum absolute atomic E-state index is 11.9. The molecule has 2 aromatic rings. The molecule has 1 N–H and O–H groups in total. The Bertz CT molecular complexity index is 514. The Morgan fingerprint density at radius 3 is 2.94 bits per heavy atom. The van der Waals surface area contributed by atoms with Gasteiger partial charge in [-0.05, 0) is 24.4 Å². The Labute approximate surface area is 103 Å². The summed E-state index contributed by atoms with van der Waals surface area (Å²) >= 11 is 1.47. The zero-order valence-corrected chi connectivity index (χ0v) is 10.3. The summed E-state index contributed by atoms with van der Waals surface area (Å²) < 4.78 is 1.10. The van der Waals surface area contributed by atoms with Crippen molar-refractivity contribution in [3.05, 3.63) is 35.2 Å². The standard InChI is InChI=1S/C13H13NO2S/c1-9(6-7-15)14-13(16)12-8-10-4-2-3-5-11(10)17-12/h2-5,7-9H,6H2,1H3,(H,14,16)/t9-/m1/s1. The molecule has 0 bridgehead atoms. The van der Waals surface area contributed by atoms with Gasteiger partial charge in [0.2, 0.25) is 0 Å². The number of thiophene rings is 1. The van der Waals surface area contributed by atoms with Crippen LogP contribution in [-0.4, -0.2) is 18.2 Å². The number of fused-ring (bicyclic) bond motifs is 1. The monoisotopic (exact) mass is 247 g/mol. The molecule has 2 rings (SSSR count). The summed E-state index contributed by atoms with van der Waals surface area (Å²) in [5, 5.41) is 3.87. The van der Waals surface area contributed by atoms with Crippen LogP contribution in [0.4, 0.5) is 0 Å². The largest absolute Gasteiger partial charge is 0.348 e. The molecule has 0 fully saturated rings. The SMILES string of the molecule is C[C@H](CC=O)NC(=O)c1cc2ccccc2s1. The van der Waals surface area contributed by atoms with Crippen LogP contribution >= 0.6 is 11.3 Å². The lowest BCUT2D eigenvalue weighted by Crippen LogP contribution is -2.32. The first kappa shape index (κ1) is 11.8. The van der Waals surface area contributed by atoms with Crippen LogP contribution in [0, 0.1) is 0 Å². The molecule has 17 heavy (non-hydrogen) atoms. The Hall–Kier alpha value is -1.68. The van der Waals surface area contributed by atoms with E-state index in [9.17, 15) is 9.59 Å². The quantitative estimate of drug-likeness (QED) is 0.844. The molecule has 0 spiro atoms. The van der Waals surface area contributed by atoms with E-state index in [0.29, 0.717) is 11.3 Å². The Morgan fingerprint density at radius 2 is 2.24 bits per heavy atom. The second kappa shape index (κ2) is 5.10. The fourth-order valence-electron chi connectivity index (χ4n) is 1.59. The van der Waals surface area contributed by atoms with E-state index in [1.165, 1.54) is 11.3 Å². The highest BCUT2D eigenvalue weighted by Gasteiger charge is 2.12. The number of aldehydes is 1. The van der Waals surface area contributed by atoms with Crippen molar-refractivity contribution < 1.29 is 9.59 Å². The fourth-order valence-corrected chi connectivity index (χ4v) is 2.56. The summed E-state index contributed by atoms with van der Waals surface area (Å²) in [7, 11) is 0. The second-order valence-corrected chi connectivity index (χ2v) is 5.01. The summed E-state index contributed by atoms with van der Waals surface area (Å²) in [6.45, 7) is 1.82. The van der Waals surface area contributed by atoms with E-state index in [4.69, 9.17) is 0 Å². The van der Waals surface area contributed by atoms with Crippen LogP contribution in [0.15, 0.2) is 30.3 Å². The molecule has 1 aromatic carbocycles. The van der Waals surface area contributed by atoms with E-state index in [1.54, 1.807) is 0 Å². The van der Waals surface area contributed by atoms with E-state index in [0.717, 1.165) is 16.4 Å². The minimum absolute atomic E-state index is 0.111. The van der Waals surface area contributed by atoms with Crippen LogP contribution in [0.5, 0.6) is 0 Å². The minimum Gasteiger partial charge on any atom is -0.348 e. The normalized spacial score (nSPS) is 12.3. The van der Waals surface area contributed by atoms with Crippen LogP contribution in [0.2, 0.25) is 0 Å². The van der Waals surface area contributed by atoms with Crippen molar-refractivity contribution in [1.82, 2.24) is 5.32 Å².